The van der Waals surface area contributed by atoms with Gasteiger partial charge in [-0.1, -0.05) is 26.8 Å². The maximum Gasteiger partial charge on any atom is 0.408 e. The van der Waals surface area contributed by atoms with Crippen LogP contribution in [0, 0.1) is 5.92 Å². The van der Waals surface area contributed by atoms with Crippen molar-refractivity contribution in [2.45, 2.75) is 90.8 Å². The quantitative estimate of drug-likeness (QED) is 0.504. The van der Waals surface area contributed by atoms with Gasteiger partial charge in [0, 0.05) is 28.6 Å². The summed E-state index contributed by atoms with van der Waals surface area (Å²) in [6.45, 7) is 17.7. The number of hydrogen-bond donors (Lipinski definition) is 1. The largest absolute Gasteiger partial charge is 0.441 e. The summed E-state index contributed by atoms with van der Waals surface area (Å²) in [6.07, 6.45) is 3.25. The van der Waals surface area contributed by atoms with Crippen molar-refractivity contribution in [1.82, 2.24) is 10.3 Å². The van der Waals surface area contributed by atoms with Crippen molar-refractivity contribution in [2.75, 3.05) is 0 Å². The van der Waals surface area contributed by atoms with Gasteiger partial charge < -0.3 is 14.5 Å². The third-order valence-corrected chi connectivity index (χ3v) is 10.7. The Morgan fingerprint density at radius 3 is 2.45 bits per heavy atom. The van der Waals surface area contributed by atoms with Crippen LogP contribution in [0.2, 0.25) is 18.1 Å². The fraction of sp³-hybridized carbons (Fsp3) is 0.600. The average molecular weight is 443 g/mol. The molecule has 3 rings (SSSR count). The van der Waals surface area contributed by atoms with Gasteiger partial charge in [0.25, 0.3) is 0 Å². The Labute approximate surface area is 188 Å². The third-order valence-electron chi connectivity index (χ3n) is 6.27. The SMILES string of the molecule is CC(C)(C)NC(=O)OC(c1cc(CO[Si](C)(C)C(C)(C)C)cc2cccnc12)C1CC1. The number of carbonyl (C=O) groups is 1. The molecule has 1 N–H and O–H groups in total. The van der Waals surface area contributed by atoms with Gasteiger partial charge in [-0.05, 0) is 75.5 Å². The Kier molecular flexibility index (Phi) is 6.54. The summed E-state index contributed by atoms with van der Waals surface area (Å²) in [7, 11) is -1.87. The summed E-state index contributed by atoms with van der Waals surface area (Å²) in [5, 5.41) is 4.13. The number of benzene rings is 1. The second kappa shape index (κ2) is 8.55. The lowest BCUT2D eigenvalue weighted by Crippen LogP contribution is -2.41. The molecule has 1 saturated carbocycles. The van der Waals surface area contributed by atoms with E-state index in [-0.39, 0.29) is 22.8 Å². The zero-order valence-electron chi connectivity index (χ0n) is 20.3. The normalized spacial score (nSPS) is 16.3. The highest BCUT2D eigenvalue weighted by Crippen LogP contribution is 2.45. The van der Waals surface area contributed by atoms with Crippen LogP contribution in [0.15, 0.2) is 30.5 Å². The highest BCUT2D eigenvalue weighted by molar-refractivity contribution is 6.74. The topological polar surface area (TPSA) is 60.5 Å². The Hall–Kier alpha value is -1.92. The fourth-order valence-electron chi connectivity index (χ4n) is 3.33. The number of pyridine rings is 1. The Balaban J connectivity index is 1.93. The van der Waals surface area contributed by atoms with E-state index in [2.05, 4.69) is 62.4 Å². The van der Waals surface area contributed by atoms with Gasteiger partial charge in [-0.25, -0.2) is 4.79 Å². The lowest BCUT2D eigenvalue weighted by molar-refractivity contribution is 0.0797. The summed E-state index contributed by atoms with van der Waals surface area (Å²) < 4.78 is 12.5. The molecule has 1 aliphatic rings. The molecule has 31 heavy (non-hydrogen) atoms. The molecule has 0 spiro atoms. The van der Waals surface area contributed by atoms with Gasteiger partial charge >= 0.3 is 6.09 Å². The van der Waals surface area contributed by atoms with E-state index in [4.69, 9.17) is 9.16 Å². The van der Waals surface area contributed by atoms with E-state index >= 15 is 0 Å². The van der Waals surface area contributed by atoms with Gasteiger partial charge in [0.1, 0.15) is 6.10 Å². The maximum atomic E-state index is 12.6. The van der Waals surface area contributed by atoms with Crippen molar-refractivity contribution >= 4 is 25.3 Å². The minimum absolute atomic E-state index is 0.152. The summed E-state index contributed by atoms with van der Waals surface area (Å²) in [4.78, 5) is 17.2. The number of aromatic nitrogens is 1. The molecule has 1 atom stereocenters. The summed E-state index contributed by atoms with van der Waals surface area (Å²) in [5.74, 6) is 0.340. The van der Waals surface area contributed by atoms with Crippen LogP contribution in [0.4, 0.5) is 4.79 Å². The highest BCUT2D eigenvalue weighted by Gasteiger charge is 2.39. The van der Waals surface area contributed by atoms with E-state index in [0.717, 1.165) is 34.9 Å². The molecule has 170 valence electrons. The smallest absolute Gasteiger partial charge is 0.408 e. The maximum absolute atomic E-state index is 12.6. The molecule has 2 aromatic rings. The number of amides is 1. The number of rotatable bonds is 6. The van der Waals surface area contributed by atoms with Crippen LogP contribution in [-0.4, -0.2) is 24.9 Å². The standard InChI is InChI=1S/C25H38N2O3Si/c1-24(2,3)27-23(28)30-22(18-11-12-18)20-15-17(14-19-10-9-13-26-21(19)20)16-29-31(7,8)25(4,5)6/h9-10,13-15,18,22H,11-12,16H2,1-8H3,(H,27,28). The molecular formula is C25H38N2O3Si. The van der Waals surface area contributed by atoms with Crippen LogP contribution < -0.4 is 5.32 Å². The van der Waals surface area contributed by atoms with E-state index in [1.807, 2.05) is 26.8 Å². The van der Waals surface area contributed by atoms with Gasteiger partial charge in [0.2, 0.25) is 0 Å². The molecular weight excluding hydrogens is 404 g/mol. The van der Waals surface area contributed by atoms with Crippen LogP contribution in [0.3, 0.4) is 0 Å². The minimum Gasteiger partial charge on any atom is -0.441 e. The minimum atomic E-state index is -1.87. The number of nitrogens with one attached hydrogen (secondary N) is 1. The van der Waals surface area contributed by atoms with Crippen molar-refractivity contribution in [3.05, 3.63) is 41.6 Å². The molecule has 1 aliphatic carbocycles. The van der Waals surface area contributed by atoms with E-state index in [0.29, 0.717) is 12.5 Å². The average Bonchev–Trinajstić information content (AvgIpc) is 3.46. The molecule has 1 fully saturated rings. The van der Waals surface area contributed by atoms with E-state index in [1.165, 1.54) is 0 Å². The molecule has 6 heteroatoms. The molecule has 1 unspecified atom stereocenters. The van der Waals surface area contributed by atoms with Gasteiger partial charge in [-0.15, -0.1) is 0 Å². The predicted octanol–water partition coefficient (Wildman–Crippen LogP) is 6.73. The molecule has 0 bridgehead atoms. The third kappa shape index (κ3) is 6.07. The first kappa shape index (κ1) is 23.7. The van der Waals surface area contributed by atoms with E-state index in [1.54, 1.807) is 6.20 Å². The van der Waals surface area contributed by atoms with Crippen LogP contribution >= 0.6 is 0 Å². The van der Waals surface area contributed by atoms with Crippen LogP contribution in [0.1, 0.15) is 71.6 Å². The van der Waals surface area contributed by atoms with Gasteiger partial charge in [-0.3, -0.25) is 4.98 Å². The van der Waals surface area contributed by atoms with Crippen LogP contribution in [0.25, 0.3) is 10.9 Å². The van der Waals surface area contributed by atoms with E-state index in [9.17, 15) is 4.79 Å². The number of ether oxygens (including phenoxy) is 1. The second-order valence-electron chi connectivity index (χ2n) is 11.3. The fourth-order valence-corrected chi connectivity index (χ4v) is 4.29. The highest BCUT2D eigenvalue weighted by atomic mass is 28.4. The van der Waals surface area contributed by atoms with Crippen molar-refractivity contribution in [2.24, 2.45) is 5.92 Å². The Morgan fingerprint density at radius 1 is 1.19 bits per heavy atom. The molecule has 0 radical (unpaired) electrons. The van der Waals surface area contributed by atoms with E-state index < -0.39 is 8.32 Å². The summed E-state index contributed by atoms with van der Waals surface area (Å²) >= 11 is 0. The number of hydrogen-bond acceptors (Lipinski definition) is 4. The molecule has 5 nitrogen and oxygen atoms in total. The molecule has 1 aromatic heterocycles. The molecule has 1 aromatic carbocycles. The molecule has 1 heterocycles. The summed E-state index contributed by atoms with van der Waals surface area (Å²) in [5.41, 5.74) is 2.65. The first-order valence-corrected chi connectivity index (χ1v) is 14.2. The number of nitrogens with zero attached hydrogens (tertiary/aromatic N) is 1. The van der Waals surface area contributed by atoms with Gasteiger partial charge in [0.15, 0.2) is 8.32 Å². The lowest BCUT2D eigenvalue weighted by atomic mass is 9.98. The zero-order chi connectivity index (χ0) is 23.0. The Bertz CT molecular complexity index is 940. The van der Waals surface area contributed by atoms with Crippen molar-refractivity contribution < 1.29 is 14.0 Å². The predicted molar refractivity (Wildman–Crippen MR) is 129 cm³/mol. The van der Waals surface area contributed by atoms with Crippen molar-refractivity contribution in [1.29, 1.82) is 0 Å². The van der Waals surface area contributed by atoms with Crippen molar-refractivity contribution in [3.8, 4) is 0 Å². The van der Waals surface area contributed by atoms with Crippen LogP contribution in [0.5, 0.6) is 0 Å². The molecule has 0 saturated heterocycles. The number of fused-ring (bicyclic) bond motifs is 1. The second-order valence-corrected chi connectivity index (χ2v) is 16.2. The summed E-state index contributed by atoms with van der Waals surface area (Å²) in [6, 6.07) is 8.30. The Morgan fingerprint density at radius 2 is 1.87 bits per heavy atom. The van der Waals surface area contributed by atoms with Gasteiger partial charge in [-0.2, -0.15) is 0 Å². The molecule has 0 aliphatic heterocycles. The van der Waals surface area contributed by atoms with Gasteiger partial charge in [0.05, 0.1) is 12.1 Å². The zero-order valence-corrected chi connectivity index (χ0v) is 21.3. The number of alkyl carbamates (subject to hydrolysis) is 1. The van der Waals surface area contributed by atoms with Crippen molar-refractivity contribution in [3.63, 3.8) is 0 Å². The lowest BCUT2D eigenvalue weighted by Gasteiger charge is -2.36. The first-order chi connectivity index (χ1) is 14.3. The first-order valence-electron chi connectivity index (χ1n) is 11.3. The molecule has 1 amide bonds. The number of carbonyl (C=O) groups excluding carboxylic acids is 1. The van der Waals surface area contributed by atoms with Crippen LogP contribution in [-0.2, 0) is 15.8 Å². The monoisotopic (exact) mass is 442 g/mol.